The molecule has 0 atom stereocenters. The number of ether oxygens (including phenoxy) is 1. The first-order chi connectivity index (χ1) is 13.8. The molecule has 29 heavy (non-hydrogen) atoms. The van der Waals surface area contributed by atoms with Gasteiger partial charge < -0.3 is 14.2 Å². The average Bonchev–Trinajstić information content (AvgIpc) is 3.21. The molecule has 1 aliphatic rings. The van der Waals surface area contributed by atoms with Crippen LogP contribution in [0.15, 0.2) is 40.9 Å². The summed E-state index contributed by atoms with van der Waals surface area (Å²) in [4.78, 5) is 14.2. The highest BCUT2D eigenvalue weighted by Crippen LogP contribution is 2.37. The Morgan fingerprint density at radius 1 is 1.45 bits per heavy atom. The average molecular weight is 440 g/mol. The van der Waals surface area contributed by atoms with Gasteiger partial charge in [-0.3, -0.25) is 4.79 Å². The fraction of sp³-hybridized carbons (Fsp3) is 0.368. The molecule has 1 amide bonds. The molecule has 1 N–H and O–H groups in total. The first-order valence-electron chi connectivity index (χ1n) is 9.05. The molecule has 0 unspecified atom stereocenters. The third-order valence-electron chi connectivity index (χ3n) is 4.63. The van der Waals surface area contributed by atoms with Crippen LogP contribution in [0, 0.1) is 6.92 Å². The number of hydrogen-bond acceptors (Lipinski definition) is 6. The SMILES string of the molecule is C=CS(=O)(=O)NC1CCN(C(=O)COc2c(Cl)cc(C)cc2-c2ccno2)CC1. The van der Waals surface area contributed by atoms with Gasteiger partial charge in [0.25, 0.3) is 5.91 Å². The number of benzene rings is 1. The number of carbonyl (C=O) groups excluding carboxylic acids is 1. The lowest BCUT2D eigenvalue weighted by Crippen LogP contribution is -2.47. The molecule has 10 heteroatoms. The number of aromatic nitrogens is 1. The van der Waals surface area contributed by atoms with E-state index in [9.17, 15) is 13.2 Å². The second-order valence-electron chi connectivity index (χ2n) is 6.77. The van der Waals surface area contributed by atoms with Gasteiger partial charge in [-0.2, -0.15) is 0 Å². The smallest absolute Gasteiger partial charge is 0.260 e. The minimum Gasteiger partial charge on any atom is -0.481 e. The van der Waals surface area contributed by atoms with Gasteiger partial charge in [-0.25, -0.2) is 13.1 Å². The van der Waals surface area contributed by atoms with E-state index < -0.39 is 10.0 Å². The van der Waals surface area contributed by atoms with E-state index in [0.29, 0.717) is 48.0 Å². The van der Waals surface area contributed by atoms with Crippen molar-refractivity contribution in [2.45, 2.75) is 25.8 Å². The van der Waals surface area contributed by atoms with Gasteiger partial charge >= 0.3 is 0 Å². The molecule has 156 valence electrons. The van der Waals surface area contributed by atoms with Crippen LogP contribution >= 0.6 is 11.6 Å². The van der Waals surface area contributed by atoms with Crippen molar-refractivity contribution in [3.05, 3.63) is 47.0 Å². The van der Waals surface area contributed by atoms with Gasteiger partial charge in [0, 0.05) is 30.6 Å². The van der Waals surface area contributed by atoms with Gasteiger partial charge in [0.1, 0.15) is 5.75 Å². The van der Waals surface area contributed by atoms with Crippen LogP contribution < -0.4 is 9.46 Å². The molecule has 1 aromatic carbocycles. The summed E-state index contributed by atoms with van der Waals surface area (Å²) in [5.74, 6) is 0.652. The van der Waals surface area contributed by atoms with Crippen molar-refractivity contribution in [2.24, 2.45) is 0 Å². The van der Waals surface area contributed by atoms with Crippen LogP contribution in [0.5, 0.6) is 5.75 Å². The molecule has 1 fully saturated rings. The summed E-state index contributed by atoms with van der Waals surface area (Å²) < 4.78 is 36.7. The Kier molecular flexibility index (Phi) is 6.61. The monoisotopic (exact) mass is 439 g/mol. The molecule has 1 aliphatic heterocycles. The van der Waals surface area contributed by atoms with Gasteiger partial charge in [0.05, 0.1) is 16.8 Å². The second kappa shape index (κ2) is 8.98. The lowest BCUT2D eigenvalue weighted by molar-refractivity contribution is -0.134. The first-order valence-corrected chi connectivity index (χ1v) is 11.0. The van der Waals surface area contributed by atoms with Crippen LogP contribution in [0.1, 0.15) is 18.4 Å². The normalized spacial score (nSPS) is 15.3. The standard InChI is InChI=1S/C19H22ClN3O5S/c1-3-29(25,26)22-14-5-8-23(9-6-14)18(24)12-27-19-15(17-4-7-21-28-17)10-13(2)11-16(19)20/h3-4,7,10-11,14,22H,1,5-6,8-9,12H2,2H3. The Balaban J connectivity index is 1.62. The number of rotatable bonds is 7. The Labute approximate surface area is 174 Å². The topological polar surface area (TPSA) is 102 Å². The molecule has 0 bridgehead atoms. The van der Waals surface area contributed by atoms with Crippen LogP contribution in [-0.4, -0.2) is 50.1 Å². The van der Waals surface area contributed by atoms with E-state index in [1.807, 2.05) is 13.0 Å². The lowest BCUT2D eigenvalue weighted by atomic mass is 10.1. The van der Waals surface area contributed by atoms with Gasteiger partial charge in [-0.1, -0.05) is 23.3 Å². The Morgan fingerprint density at radius 3 is 2.79 bits per heavy atom. The fourth-order valence-electron chi connectivity index (χ4n) is 3.17. The molecular weight excluding hydrogens is 418 g/mol. The van der Waals surface area contributed by atoms with Gasteiger partial charge in [-0.05, 0) is 37.5 Å². The van der Waals surface area contributed by atoms with Crippen LogP contribution in [0.2, 0.25) is 5.02 Å². The Morgan fingerprint density at radius 2 is 2.17 bits per heavy atom. The Hall–Kier alpha value is -2.36. The molecule has 2 heterocycles. The van der Waals surface area contributed by atoms with E-state index >= 15 is 0 Å². The summed E-state index contributed by atoms with van der Waals surface area (Å²) >= 11 is 6.33. The van der Waals surface area contributed by atoms with E-state index in [-0.39, 0.29) is 18.6 Å². The minimum atomic E-state index is -3.48. The summed E-state index contributed by atoms with van der Waals surface area (Å²) in [6.07, 6.45) is 2.56. The number of halogens is 1. The predicted molar refractivity (Wildman–Crippen MR) is 109 cm³/mol. The minimum absolute atomic E-state index is 0.188. The van der Waals surface area contributed by atoms with E-state index in [0.717, 1.165) is 11.0 Å². The maximum atomic E-state index is 12.6. The van der Waals surface area contributed by atoms with E-state index in [2.05, 4.69) is 16.5 Å². The maximum Gasteiger partial charge on any atom is 0.260 e. The molecule has 0 aliphatic carbocycles. The third-order valence-corrected chi connectivity index (χ3v) is 6.01. The van der Waals surface area contributed by atoms with Crippen molar-refractivity contribution in [3.8, 4) is 17.1 Å². The molecule has 0 saturated carbocycles. The largest absolute Gasteiger partial charge is 0.481 e. The molecule has 0 radical (unpaired) electrons. The number of aryl methyl sites for hydroxylation is 1. The number of amides is 1. The number of nitrogens with one attached hydrogen (secondary N) is 1. The zero-order valence-corrected chi connectivity index (χ0v) is 17.5. The zero-order valence-electron chi connectivity index (χ0n) is 15.9. The van der Waals surface area contributed by atoms with Crippen molar-refractivity contribution in [3.63, 3.8) is 0 Å². The van der Waals surface area contributed by atoms with Gasteiger partial charge in [0.2, 0.25) is 10.0 Å². The van der Waals surface area contributed by atoms with E-state index in [4.69, 9.17) is 20.9 Å². The van der Waals surface area contributed by atoms with E-state index in [1.165, 1.54) is 6.20 Å². The van der Waals surface area contributed by atoms with Gasteiger partial charge in [0.15, 0.2) is 12.4 Å². The fourth-order valence-corrected chi connectivity index (χ4v) is 4.29. The van der Waals surface area contributed by atoms with Crippen LogP contribution in [0.4, 0.5) is 0 Å². The summed E-state index contributed by atoms with van der Waals surface area (Å²) in [5, 5.41) is 4.96. The summed E-state index contributed by atoms with van der Waals surface area (Å²) in [5.41, 5.74) is 1.54. The third kappa shape index (κ3) is 5.37. The first kappa shape index (κ1) is 21.4. The second-order valence-corrected chi connectivity index (χ2v) is 8.84. The number of sulfonamides is 1. The molecule has 1 aromatic heterocycles. The number of nitrogens with zero attached hydrogens (tertiary/aromatic N) is 2. The summed E-state index contributed by atoms with van der Waals surface area (Å²) in [6, 6.07) is 5.07. The molecular formula is C19H22ClN3O5S. The molecule has 8 nitrogen and oxygen atoms in total. The number of hydrogen-bond donors (Lipinski definition) is 1. The highest BCUT2D eigenvalue weighted by molar-refractivity contribution is 7.92. The van der Waals surface area contributed by atoms with Crippen LogP contribution in [0.25, 0.3) is 11.3 Å². The number of likely N-dealkylation sites (tertiary alicyclic amines) is 1. The van der Waals surface area contributed by atoms with Crippen molar-refractivity contribution < 1.29 is 22.5 Å². The van der Waals surface area contributed by atoms with Crippen LogP contribution in [-0.2, 0) is 14.8 Å². The van der Waals surface area contributed by atoms with Crippen molar-refractivity contribution in [1.29, 1.82) is 0 Å². The molecule has 0 spiro atoms. The Bertz CT molecular complexity index is 984. The summed E-state index contributed by atoms with van der Waals surface area (Å²) in [6.45, 7) is 5.85. The predicted octanol–water partition coefficient (Wildman–Crippen LogP) is 2.74. The molecule has 1 saturated heterocycles. The molecule has 2 aromatic rings. The maximum absolute atomic E-state index is 12.6. The quantitative estimate of drug-likeness (QED) is 0.711. The number of carbonyl (C=O) groups is 1. The van der Waals surface area contributed by atoms with Crippen molar-refractivity contribution in [1.82, 2.24) is 14.8 Å². The molecule has 3 rings (SSSR count). The van der Waals surface area contributed by atoms with Crippen molar-refractivity contribution >= 4 is 27.5 Å². The lowest BCUT2D eigenvalue weighted by Gasteiger charge is -2.32. The summed E-state index contributed by atoms with van der Waals surface area (Å²) in [7, 11) is -3.48. The van der Waals surface area contributed by atoms with E-state index in [1.54, 1.807) is 17.0 Å². The van der Waals surface area contributed by atoms with Gasteiger partial charge in [-0.15, -0.1) is 0 Å². The highest BCUT2D eigenvalue weighted by Gasteiger charge is 2.26. The van der Waals surface area contributed by atoms with Crippen LogP contribution in [0.3, 0.4) is 0 Å². The number of piperidine rings is 1. The zero-order chi connectivity index (χ0) is 21.0. The highest BCUT2D eigenvalue weighted by atomic mass is 35.5. The van der Waals surface area contributed by atoms with Crippen molar-refractivity contribution in [2.75, 3.05) is 19.7 Å².